The first kappa shape index (κ1) is 25.7. The molecule has 0 radical (unpaired) electrons. The SMILES string of the molecule is CC(C)CCOc1ccc(C(=O)NC(=S)NNC(=O)COc2ccc(-c3ccccc3)cc2)cc1. The van der Waals surface area contributed by atoms with E-state index in [4.69, 9.17) is 21.7 Å². The number of ether oxygens (including phenoxy) is 2. The molecule has 0 aliphatic carbocycles. The number of thiocarbonyl (C=S) groups is 1. The normalized spacial score (nSPS) is 10.4. The van der Waals surface area contributed by atoms with Crippen LogP contribution in [0.4, 0.5) is 0 Å². The second kappa shape index (κ2) is 13.1. The minimum absolute atomic E-state index is 0.0344. The van der Waals surface area contributed by atoms with Gasteiger partial charge in [-0.3, -0.25) is 25.8 Å². The van der Waals surface area contributed by atoms with Crippen LogP contribution in [-0.4, -0.2) is 30.1 Å². The maximum Gasteiger partial charge on any atom is 0.276 e. The summed E-state index contributed by atoms with van der Waals surface area (Å²) in [6, 6.07) is 24.2. The Morgan fingerprint density at radius 1 is 0.800 bits per heavy atom. The molecule has 0 aliphatic rings. The lowest BCUT2D eigenvalue weighted by Gasteiger charge is -2.12. The molecule has 0 unspecified atom stereocenters. The van der Waals surface area contributed by atoms with E-state index in [1.54, 1.807) is 36.4 Å². The first-order valence-electron chi connectivity index (χ1n) is 11.3. The van der Waals surface area contributed by atoms with Gasteiger partial charge in [0, 0.05) is 5.56 Å². The zero-order chi connectivity index (χ0) is 25.0. The van der Waals surface area contributed by atoms with Crippen molar-refractivity contribution in [1.29, 1.82) is 0 Å². The lowest BCUT2D eigenvalue weighted by molar-refractivity contribution is -0.123. The van der Waals surface area contributed by atoms with Gasteiger partial charge >= 0.3 is 0 Å². The molecule has 3 N–H and O–H groups in total. The van der Waals surface area contributed by atoms with Crippen LogP contribution in [0, 0.1) is 5.92 Å². The fraction of sp³-hybridized carbons (Fsp3) is 0.222. The van der Waals surface area contributed by atoms with Gasteiger partial charge in [0.05, 0.1) is 6.61 Å². The van der Waals surface area contributed by atoms with Crippen molar-refractivity contribution in [1.82, 2.24) is 16.2 Å². The third-order valence-electron chi connectivity index (χ3n) is 4.95. The van der Waals surface area contributed by atoms with Crippen molar-refractivity contribution in [3.63, 3.8) is 0 Å². The van der Waals surface area contributed by atoms with E-state index in [-0.39, 0.29) is 11.7 Å². The Morgan fingerprint density at radius 2 is 1.40 bits per heavy atom. The summed E-state index contributed by atoms with van der Waals surface area (Å²) in [4.78, 5) is 24.4. The first-order valence-corrected chi connectivity index (χ1v) is 11.7. The van der Waals surface area contributed by atoms with E-state index in [2.05, 4.69) is 30.0 Å². The number of carbonyl (C=O) groups is 2. The fourth-order valence-corrected chi connectivity index (χ4v) is 3.15. The van der Waals surface area contributed by atoms with Gasteiger partial charge in [0.1, 0.15) is 11.5 Å². The molecular weight excluding hydrogens is 462 g/mol. The summed E-state index contributed by atoms with van der Waals surface area (Å²) in [5.41, 5.74) is 7.46. The minimum Gasteiger partial charge on any atom is -0.494 e. The molecule has 35 heavy (non-hydrogen) atoms. The number of hydrazine groups is 1. The molecule has 2 amide bonds. The van der Waals surface area contributed by atoms with Gasteiger partial charge in [-0.1, -0.05) is 56.3 Å². The molecule has 182 valence electrons. The number of nitrogens with one attached hydrogen (secondary N) is 3. The lowest BCUT2D eigenvalue weighted by atomic mass is 10.1. The Morgan fingerprint density at radius 3 is 2.06 bits per heavy atom. The van der Waals surface area contributed by atoms with Gasteiger partial charge < -0.3 is 9.47 Å². The number of carbonyl (C=O) groups excluding carboxylic acids is 2. The molecule has 8 heteroatoms. The maximum atomic E-state index is 12.3. The predicted molar refractivity (Wildman–Crippen MR) is 140 cm³/mol. The summed E-state index contributed by atoms with van der Waals surface area (Å²) in [6.07, 6.45) is 0.958. The molecule has 3 aromatic carbocycles. The van der Waals surface area contributed by atoms with E-state index >= 15 is 0 Å². The molecule has 0 spiro atoms. The molecular formula is C27H29N3O4S. The van der Waals surface area contributed by atoms with Crippen LogP contribution in [0.25, 0.3) is 11.1 Å². The molecule has 0 saturated carbocycles. The monoisotopic (exact) mass is 491 g/mol. The summed E-state index contributed by atoms with van der Waals surface area (Å²) < 4.78 is 11.1. The Kier molecular flexibility index (Phi) is 9.62. The van der Waals surface area contributed by atoms with Gasteiger partial charge in [0.15, 0.2) is 11.7 Å². The van der Waals surface area contributed by atoms with Gasteiger partial charge in [0.2, 0.25) is 0 Å². The van der Waals surface area contributed by atoms with Crippen LogP contribution in [0.3, 0.4) is 0 Å². The number of amides is 2. The summed E-state index contributed by atoms with van der Waals surface area (Å²) >= 11 is 5.07. The summed E-state index contributed by atoms with van der Waals surface area (Å²) in [6.45, 7) is 4.67. The van der Waals surface area contributed by atoms with Crippen molar-refractivity contribution >= 4 is 29.1 Å². The summed E-state index contributed by atoms with van der Waals surface area (Å²) in [5, 5.41) is 2.48. The van der Waals surface area contributed by atoms with Crippen LogP contribution in [0.15, 0.2) is 78.9 Å². The molecule has 3 rings (SSSR count). The molecule has 0 aliphatic heterocycles. The highest BCUT2D eigenvalue weighted by Gasteiger charge is 2.10. The molecule has 0 heterocycles. The van der Waals surface area contributed by atoms with Crippen LogP contribution in [0.1, 0.15) is 30.6 Å². The Labute approximate surface area is 210 Å². The molecule has 0 fully saturated rings. The topological polar surface area (TPSA) is 88.7 Å². The highest BCUT2D eigenvalue weighted by atomic mass is 32.1. The molecule has 0 bridgehead atoms. The van der Waals surface area contributed by atoms with Crippen molar-refractivity contribution in [2.75, 3.05) is 13.2 Å². The van der Waals surface area contributed by atoms with Crippen molar-refractivity contribution in [3.05, 3.63) is 84.4 Å². The highest BCUT2D eigenvalue weighted by Crippen LogP contribution is 2.22. The number of hydrogen-bond donors (Lipinski definition) is 3. The molecule has 3 aromatic rings. The fourth-order valence-electron chi connectivity index (χ4n) is 3.01. The summed E-state index contributed by atoms with van der Waals surface area (Å²) in [7, 11) is 0. The van der Waals surface area contributed by atoms with E-state index in [1.165, 1.54) is 0 Å². The quantitative estimate of drug-likeness (QED) is 0.302. The maximum absolute atomic E-state index is 12.3. The highest BCUT2D eigenvalue weighted by molar-refractivity contribution is 7.80. The Balaban J connectivity index is 1.37. The number of rotatable bonds is 9. The van der Waals surface area contributed by atoms with E-state index in [0.29, 0.717) is 29.6 Å². The second-order valence-corrected chi connectivity index (χ2v) is 8.60. The average Bonchev–Trinajstić information content (AvgIpc) is 2.87. The average molecular weight is 492 g/mol. The van der Waals surface area contributed by atoms with Gasteiger partial charge in [-0.25, -0.2) is 0 Å². The molecule has 0 atom stereocenters. The zero-order valence-electron chi connectivity index (χ0n) is 19.7. The lowest BCUT2D eigenvalue weighted by Crippen LogP contribution is -2.49. The molecule has 0 saturated heterocycles. The second-order valence-electron chi connectivity index (χ2n) is 8.19. The van der Waals surface area contributed by atoms with E-state index in [1.807, 2.05) is 42.5 Å². The van der Waals surface area contributed by atoms with Gasteiger partial charge in [-0.2, -0.15) is 0 Å². The number of benzene rings is 3. The van der Waals surface area contributed by atoms with E-state index < -0.39 is 11.8 Å². The van der Waals surface area contributed by atoms with Gasteiger partial charge in [0.25, 0.3) is 11.8 Å². The van der Waals surface area contributed by atoms with Crippen LogP contribution in [0.2, 0.25) is 0 Å². The predicted octanol–water partition coefficient (Wildman–Crippen LogP) is 4.49. The third-order valence-corrected chi connectivity index (χ3v) is 5.16. The first-order chi connectivity index (χ1) is 16.9. The largest absolute Gasteiger partial charge is 0.494 e. The van der Waals surface area contributed by atoms with E-state index in [0.717, 1.165) is 17.5 Å². The van der Waals surface area contributed by atoms with Crippen molar-refractivity contribution in [2.45, 2.75) is 20.3 Å². The summed E-state index contributed by atoms with van der Waals surface area (Å²) in [5.74, 6) is 0.973. The molecule has 7 nitrogen and oxygen atoms in total. The van der Waals surface area contributed by atoms with Gasteiger partial charge in [-0.05, 0) is 72.1 Å². The Bertz CT molecular complexity index is 1120. The van der Waals surface area contributed by atoms with Gasteiger partial charge in [-0.15, -0.1) is 0 Å². The van der Waals surface area contributed by atoms with Crippen LogP contribution in [0.5, 0.6) is 11.5 Å². The van der Waals surface area contributed by atoms with E-state index in [9.17, 15) is 9.59 Å². The minimum atomic E-state index is -0.448. The van der Waals surface area contributed by atoms with Crippen molar-refractivity contribution in [2.24, 2.45) is 5.92 Å². The van der Waals surface area contributed by atoms with Crippen LogP contribution >= 0.6 is 12.2 Å². The van der Waals surface area contributed by atoms with Crippen molar-refractivity contribution < 1.29 is 19.1 Å². The Hall–Kier alpha value is -3.91. The zero-order valence-corrected chi connectivity index (χ0v) is 20.6. The van der Waals surface area contributed by atoms with Crippen LogP contribution in [-0.2, 0) is 4.79 Å². The van der Waals surface area contributed by atoms with Crippen molar-refractivity contribution in [3.8, 4) is 22.6 Å². The standard InChI is InChI=1S/C27H29N3O4S/c1-19(2)16-17-33-23-14-10-22(11-15-23)26(32)28-27(35)30-29-25(31)18-34-24-12-8-21(9-13-24)20-6-4-3-5-7-20/h3-15,19H,16-18H2,1-2H3,(H,29,31)(H2,28,30,32,35). The third kappa shape index (κ3) is 8.75. The number of hydrogen-bond acceptors (Lipinski definition) is 5. The smallest absolute Gasteiger partial charge is 0.276 e. The van der Waals surface area contributed by atoms with Crippen LogP contribution < -0.4 is 25.6 Å². The molecule has 0 aromatic heterocycles.